The lowest BCUT2D eigenvalue weighted by Gasteiger charge is -2.33. The van der Waals surface area contributed by atoms with Gasteiger partial charge in [0.2, 0.25) is 3.79 Å². The van der Waals surface area contributed by atoms with Gasteiger partial charge in [0.15, 0.2) is 0 Å². The summed E-state index contributed by atoms with van der Waals surface area (Å²) in [7, 11) is 0. The molecule has 112 valence electrons. The Morgan fingerprint density at radius 1 is 1.15 bits per heavy atom. The molecule has 0 fully saturated rings. The van der Waals surface area contributed by atoms with Gasteiger partial charge in [-0.1, -0.05) is 53.0 Å². The largest absolute Gasteiger partial charge is 0.333 e. The Balaban J connectivity index is 2.91. The first-order valence-corrected chi connectivity index (χ1v) is 7.35. The molecular formula is C14H19Cl3N2O. The minimum Gasteiger partial charge on any atom is -0.333 e. The van der Waals surface area contributed by atoms with E-state index in [9.17, 15) is 4.79 Å². The van der Waals surface area contributed by atoms with Crippen LogP contribution in [0.1, 0.15) is 36.7 Å². The van der Waals surface area contributed by atoms with Crippen LogP contribution < -0.4 is 10.6 Å². The number of carbonyl (C=O) groups is 1. The second kappa shape index (κ2) is 6.52. The molecule has 0 spiro atoms. The molecule has 0 saturated carbocycles. The minimum absolute atomic E-state index is 0.281. The van der Waals surface area contributed by atoms with Crippen LogP contribution in [-0.2, 0) is 0 Å². The van der Waals surface area contributed by atoms with Gasteiger partial charge in [-0.25, -0.2) is 0 Å². The predicted molar refractivity (Wildman–Crippen MR) is 85.6 cm³/mol. The Bertz CT molecular complexity index is 478. The SMILES string of the molecule is Cc1ccccc1C(=O)N[C@H](NC(C)(C)C)C(Cl)(Cl)Cl. The number of amides is 1. The molecule has 0 unspecified atom stereocenters. The molecule has 0 aliphatic carbocycles. The molecule has 2 N–H and O–H groups in total. The summed E-state index contributed by atoms with van der Waals surface area (Å²) >= 11 is 17.8. The van der Waals surface area contributed by atoms with Crippen LogP contribution in [0.4, 0.5) is 0 Å². The normalized spacial score (nSPS) is 13.9. The summed E-state index contributed by atoms with van der Waals surface area (Å²) in [6.07, 6.45) is -0.792. The molecule has 1 atom stereocenters. The third kappa shape index (κ3) is 5.49. The zero-order valence-electron chi connectivity index (χ0n) is 11.9. The quantitative estimate of drug-likeness (QED) is 0.650. The van der Waals surface area contributed by atoms with E-state index in [4.69, 9.17) is 34.8 Å². The van der Waals surface area contributed by atoms with E-state index in [1.165, 1.54) is 0 Å². The Morgan fingerprint density at radius 2 is 1.70 bits per heavy atom. The fraction of sp³-hybridized carbons (Fsp3) is 0.500. The molecule has 0 heterocycles. The van der Waals surface area contributed by atoms with Crippen LogP contribution in [-0.4, -0.2) is 21.4 Å². The fourth-order valence-corrected chi connectivity index (χ4v) is 2.00. The number of halogens is 3. The molecule has 1 amide bonds. The Labute approximate surface area is 135 Å². The highest BCUT2D eigenvalue weighted by atomic mass is 35.6. The number of rotatable bonds is 3. The summed E-state index contributed by atoms with van der Waals surface area (Å²) in [5.41, 5.74) is 1.11. The molecular weight excluding hydrogens is 319 g/mol. The van der Waals surface area contributed by atoms with Gasteiger partial charge in [-0.3, -0.25) is 10.1 Å². The van der Waals surface area contributed by atoms with Crippen molar-refractivity contribution >= 4 is 40.7 Å². The smallest absolute Gasteiger partial charge is 0.252 e. The van der Waals surface area contributed by atoms with Crippen molar-refractivity contribution in [2.24, 2.45) is 0 Å². The van der Waals surface area contributed by atoms with Crippen LogP contribution >= 0.6 is 34.8 Å². The maximum Gasteiger partial charge on any atom is 0.252 e. The lowest BCUT2D eigenvalue weighted by Crippen LogP contribution is -2.58. The molecule has 0 saturated heterocycles. The van der Waals surface area contributed by atoms with Gasteiger partial charge in [-0.2, -0.15) is 0 Å². The first-order chi connectivity index (χ1) is 9.00. The molecule has 20 heavy (non-hydrogen) atoms. The van der Waals surface area contributed by atoms with E-state index >= 15 is 0 Å². The number of alkyl halides is 3. The first-order valence-electron chi connectivity index (χ1n) is 6.21. The van der Waals surface area contributed by atoms with Gasteiger partial charge in [0.25, 0.3) is 5.91 Å². The number of benzene rings is 1. The number of hydrogen-bond donors (Lipinski definition) is 2. The fourth-order valence-electron chi connectivity index (χ4n) is 1.67. The lowest BCUT2D eigenvalue weighted by atomic mass is 10.1. The molecule has 3 nitrogen and oxygen atoms in total. The van der Waals surface area contributed by atoms with Crippen LogP contribution in [0.25, 0.3) is 0 Å². The zero-order valence-corrected chi connectivity index (χ0v) is 14.2. The molecule has 0 bridgehead atoms. The molecule has 0 aliphatic rings. The lowest BCUT2D eigenvalue weighted by molar-refractivity contribution is 0.0922. The Hall–Kier alpha value is -0.480. The number of nitrogens with one attached hydrogen (secondary N) is 2. The van der Waals surface area contributed by atoms with E-state index in [-0.39, 0.29) is 11.4 Å². The van der Waals surface area contributed by atoms with Crippen molar-refractivity contribution < 1.29 is 4.79 Å². The van der Waals surface area contributed by atoms with Crippen molar-refractivity contribution in [1.29, 1.82) is 0 Å². The second-order valence-corrected chi connectivity index (χ2v) is 8.03. The third-order valence-electron chi connectivity index (χ3n) is 2.57. The van der Waals surface area contributed by atoms with Crippen LogP contribution in [0.3, 0.4) is 0 Å². The predicted octanol–water partition coefficient (Wildman–Crippen LogP) is 3.81. The van der Waals surface area contributed by atoms with E-state index in [0.29, 0.717) is 5.56 Å². The summed E-state index contributed by atoms with van der Waals surface area (Å²) in [5, 5.41) is 5.81. The van der Waals surface area contributed by atoms with E-state index in [1.807, 2.05) is 39.8 Å². The summed E-state index contributed by atoms with van der Waals surface area (Å²) < 4.78 is -1.65. The van der Waals surface area contributed by atoms with E-state index < -0.39 is 9.96 Å². The van der Waals surface area contributed by atoms with Crippen molar-refractivity contribution in [3.05, 3.63) is 35.4 Å². The van der Waals surface area contributed by atoms with Gasteiger partial charge in [0, 0.05) is 11.1 Å². The summed E-state index contributed by atoms with van der Waals surface area (Å²) in [6, 6.07) is 7.25. The highest BCUT2D eigenvalue weighted by Gasteiger charge is 2.36. The number of hydrogen-bond acceptors (Lipinski definition) is 2. The van der Waals surface area contributed by atoms with Crippen LogP contribution in [0.5, 0.6) is 0 Å². The van der Waals surface area contributed by atoms with Crippen molar-refractivity contribution in [3.63, 3.8) is 0 Å². The topological polar surface area (TPSA) is 41.1 Å². The van der Waals surface area contributed by atoms with Crippen molar-refractivity contribution in [2.75, 3.05) is 0 Å². The molecule has 1 aromatic rings. The molecule has 0 aromatic heterocycles. The average molecular weight is 338 g/mol. The van der Waals surface area contributed by atoms with Gasteiger partial charge in [-0.15, -0.1) is 0 Å². The second-order valence-electron chi connectivity index (χ2n) is 5.66. The standard InChI is InChI=1S/C14H19Cl3N2O/c1-9-7-5-6-8-10(9)11(20)18-12(14(15,16)17)19-13(2,3)4/h5-8,12,19H,1-4H3,(H,18,20)/t12-/m1/s1. The summed E-state index contributed by atoms with van der Waals surface area (Å²) in [5.74, 6) is -0.281. The number of aryl methyl sites for hydroxylation is 1. The molecule has 6 heteroatoms. The maximum atomic E-state index is 12.3. The van der Waals surface area contributed by atoms with E-state index in [0.717, 1.165) is 5.56 Å². The third-order valence-corrected chi connectivity index (χ3v) is 3.22. The van der Waals surface area contributed by atoms with Crippen molar-refractivity contribution in [1.82, 2.24) is 10.6 Å². The van der Waals surface area contributed by atoms with Gasteiger partial charge in [0.1, 0.15) is 6.17 Å². The van der Waals surface area contributed by atoms with Crippen LogP contribution in [0.2, 0.25) is 0 Å². The minimum atomic E-state index is -1.65. The van der Waals surface area contributed by atoms with Gasteiger partial charge in [-0.05, 0) is 39.3 Å². The highest BCUT2D eigenvalue weighted by Crippen LogP contribution is 2.30. The van der Waals surface area contributed by atoms with E-state index in [2.05, 4.69) is 10.6 Å². The summed E-state index contributed by atoms with van der Waals surface area (Å²) in [6.45, 7) is 7.64. The molecule has 1 aromatic carbocycles. The van der Waals surface area contributed by atoms with Crippen LogP contribution in [0.15, 0.2) is 24.3 Å². The van der Waals surface area contributed by atoms with Crippen molar-refractivity contribution in [2.45, 2.75) is 43.2 Å². The molecule has 0 aliphatic heterocycles. The average Bonchev–Trinajstić information content (AvgIpc) is 2.25. The summed E-state index contributed by atoms with van der Waals surface area (Å²) in [4.78, 5) is 12.3. The van der Waals surface area contributed by atoms with Crippen LogP contribution in [0, 0.1) is 6.92 Å². The van der Waals surface area contributed by atoms with E-state index in [1.54, 1.807) is 12.1 Å². The zero-order chi connectivity index (χ0) is 15.6. The monoisotopic (exact) mass is 336 g/mol. The first kappa shape index (κ1) is 17.6. The molecule has 1 rings (SSSR count). The Kier molecular flexibility index (Phi) is 5.73. The van der Waals surface area contributed by atoms with Gasteiger partial charge in [0.05, 0.1) is 0 Å². The number of carbonyl (C=O) groups excluding carboxylic acids is 1. The van der Waals surface area contributed by atoms with Gasteiger partial charge >= 0.3 is 0 Å². The Morgan fingerprint density at radius 3 is 2.15 bits per heavy atom. The van der Waals surface area contributed by atoms with Gasteiger partial charge < -0.3 is 5.32 Å². The highest BCUT2D eigenvalue weighted by molar-refractivity contribution is 6.68. The molecule has 0 radical (unpaired) electrons. The maximum absolute atomic E-state index is 12.3. The van der Waals surface area contributed by atoms with Crippen molar-refractivity contribution in [3.8, 4) is 0 Å².